The molecule has 0 aromatic carbocycles. The molecule has 1 aliphatic rings. The van der Waals surface area contributed by atoms with Gasteiger partial charge in [-0.15, -0.1) is 0 Å². The van der Waals surface area contributed by atoms with Crippen molar-refractivity contribution in [1.82, 2.24) is 10.6 Å². The number of hydrogen-bond donors (Lipinski definition) is 2. The van der Waals surface area contributed by atoms with Crippen LogP contribution in [0.1, 0.15) is 12.8 Å². The van der Waals surface area contributed by atoms with E-state index in [1.807, 2.05) is 0 Å². The average molecular weight is 218 g/mol. The monoisotopic (exact) mass is 218 g/mol. The Hall–Kier alpha value is -0.420. The Morgan fingerprint density at radius 3 is 2.79 bits per heavy atom. The van der Waals surface area contributed by atoms with Crippen molar-refractivity contribution in [2.75, 3.05) is 31.6 Å². The van der Waals surface area contributed by atoms with Gasteiger partial charge in [0.25, 0.3) is 0 Å². The second-order valence-corrected chi connectivity index (χ2v) is 5.26. The van der Waals surface area contributed by atoms with Gasteiger partial charge in [-0.2, -0.15) is 0 Å². The topological polar surface area (TPSA) is 58.2 Å². The average Bonchev–Trinajstić information content (AvgIpc) is 2.92. The molecule has 82 valence electrons. The number of amides is 1. The molecule has 1 atom stereocenters. The molecule has 1 aliphatic carbocycles. The third-order valence-electron chi connectivity index (χ3n) is 2.14. The number of carbonyl (C=O) groups is 1. The fraction of sp³-hybridized carbons (Fsp3) is 0.889. The van der Waals surface area contributed by atoms with Crippen LogP contribution in [-0.2, 0) is 15.6 Å². The number of rotatable bonds is 7. The normalized spacial score (nSPS) is 17.8. The molecule has 0 heterocycles. The zero-order valence-corrected chi connectivity index (χ0v) is 9.36. The summed E-state index contributed by atoms with van der Waals surface area (Å²) in [4.78, 5) is 11.2. The Labute approximate surface area is 87.3 Å². The third-order valence-corrected chi connectivity index (χ3v) is 2.92. The first-order valence-electron chi connectivity index (χ1n) is 4.96. The highest BCUT2D eigenvalue weighted by Gasteiger charge is 2.21. The molecular weight excluding hydrogens is 200 g/mol. The maximum atomic E-state index is 11.2. The van der Waals surface area contributed by atoms with Crippen LogP contribution >= 0.6 is 0 Å². The van der Waals surface area contributed by atoms with Crippen LogP contribution in [0.15, 0.2) is 0 Å². The van der Waals surface area contributed by atoms with E-state index in [2.05, 4.69) is 10.6 Å². The summed E-state index contributed by atoms with van der Waals surface area (Å²) in [5.74, 6) is 1.37. The molecule has 0 aromatic heterocycles. The molecular formula is C9H18N2O2S. The van der Waals surface area contributed by atoms with Crippen LogP contribution < -0.4 is 10.6 Å². The molecule has 1 rings (SSSR count). The minimum atomic E-state index is -0.776. The Kier molecular flexibility index (Phi) is 5.11. The first kappa shape index (κ1) is 11.7. The van der Waals surface area contributed by atoms with Crippen LogP contribution in [-0.4, -0.2) is 41.8 Å². The van der Waals surface area contributed by atoms with Crippen molar-refractivity contribution in [3.8, 4) is 0 Å². The predicted octanol–water partition coefficient (Wildman–Crippen LogP) is -0.519. The fourth-order valence-electron chi connectivity index (χ4n) is 1.06. The second-order valence-electron chi connectivity index (χ2n) is 3.70. The quantitative estimate of drug-likeness (QED) is 0.565. The SMILES string of the molecule is CS(=O)CCNCC(=O)NCC1CC1. The summed E-state index contributed by atoms with van der Waals surface area (Å²) in [6.45, 7) is 1.80. The van der Waals surface area contributed by atoms with Crippen molar-refractivity contribution in [1.29, 1.82) is 0 Å². The Bertz CT molecular complexity index is 217. The molecule has 0 aliphatic heterocycles. The number of carbonyl (C=O) groups excluding carboxylic acids is 1. The Morgan fingerprint density at radius 2 is 2.21 bits per heavy atom. The molecule has 1 amide bonds. The van der Waals surface area contributed by atoms with Crippen molar-refractivity contribution in [2.45, 2.75) is 12.8 Å². The summed E-state index contributed by atoms with van der Waals surface area (Å²) < 4.78 is 10.7. The molecule has 0 saturated heterocycles. The van der Waals surface area contributed by atoms with Gasteiger partial charge in [0.1, 0.15) is 0 Å². The first-order valence-corrected chi connectivity index (χ1v) is 6.68. The van der Waals surface area contributed by atoms with E-state index in [1.165, 1.54) is 12.8 Å². The summed E-state index contributed by atoms with van der Waals surface area (Å²) in [5.41, 5.74) is 0. The van der Waals surface area contributed by atoms with E-state index < -0.39 is 10.8 Å². The number of hydrogen-bond acceptors (Lipinski definition) is 3. The lowest BCUT2D eigenvalue weighted by atomic mass is 10.4. The van der Waals surface area contributed by atoms with Crippen molar-refractivity contribution < 1.29 is 9.00 Å². The van der Waals surface area contributed by atoms with E-state index in [4.69, 9.17) is 0 Å². The van der Waals surface area contributed by atoms with Gasteiger partial charge >= 0.3 is 0 Å². The third kappa shape index (κ3) is 6.10. The van der Waals surface area contributed by atoms with Gasteiger partial charge in [0.05, 0.1) is 6.54 Å². The Morgan fingerprint density at radius 1 is 1.50 bits per heavy atom. The minimum absolute atomic E-state index is 0.0405. The van der Waals surface area contributed by atoms with Crippen LogP contribution in [0, 0.1) is 5.92 Å². The highest BCUT2D eigenvalue weighted by Crippen LogP contribution is 2.27. The van der Waals surface area contributed by atoms with Gasteiger partial charge in [-0.1, -0.05) is 0 Å². The molecule has 5 heteroatoms. The largest absolute Gasteiger partial charge is 0.355 e. The Balaban J connectivity index is 1.88. The molecule has 1 saturated carbocycles. The first-order chi connectivity index (χ1) is 6.68. The van der Waals surface area contributed by atoms with E-state index >= 15 is 0 Å². The molecule has 0 bridgehead atoms. The smallest absolute Gasteiger partial charge is 0.233 e. The lowest BCUT2D eigenvalue weighted by Crippen LogP contribution is -2.36. The standard InChI is InChI=1S/C9H18N2O2S/c1-14(13)5-4-10-7-9(12)11-6-8-2-3-8/h8,10H,2-7H2,1H3,(H,11,12). The summed E-state index contributed by atoms with van der Waals surface area (Å²) >= 11 is 0. The van der Waals surface area contributed by atoms with Crippen molar-refractivity contribution >= 4 is 16.7 Å². The van der Waals surface area contributed by atoms with Crippen LogP contribution in [0.3, 0.4) is 0 Å². The van der Waals surface area contributed by atoms with E-state index in [1.54, 1.807) is 6.26 Å². The minimum Gasteiger partial charge on any atom is -0.355 e. The lowest BCUT2D eigenvalue weighted by molar-refractivity contribution is -0.120. The second kappa shape index (κ2) is 6.14. The zero-order valence-electron chi connectivity index (χ0n) is 8.54. The van der Waals surface area contributed by atoms with Crippen molar-refractivity contribution in [3.63, 3.8) is 0 Å². The molecule has 0 radical (unpaired) electrons. The van der Waals surface area contributed by atoms with E-state index in [0.717, 1.165) is 12.5 Å². The van der Waals surface area contributed by atoms with Gasteiger partial charge in [0.15, 0.2) is 0 Å². The van der Waals surface area contributed by atoms with Gasteiger partial charge in [-0.3, -0.25) is 9.00 Å². The highest BCUT2D eigenvalue weighted by atomic mass is 32.2. The highest BCUT2D eigenvalue weighted by molar-refractivity contribution is 7.84. The van der Waals surface area contributed by atoms with Crippen molar-refractivity contribution in [3.05, 3.63) is 0 Å². The molecule has 0 aromatic rings. The van der Waals surface area contributed by atoms with Crippen molar-refractivity contribution in [2.24, 2.45) is 5.92 Å². The van der Waals surface area contributed by atoms with E-state index in [0.29, 0.717) is 18.8 Å². The van der Waals surface area contributed by atoms with Crippen LogP contribution in [0.25, 0.3) is 0 Å². The molecule has 1 unspecified atom stereocenters. The summed E-state index contributed by atoms with van der Waals surface area (Å²) in [5, 5.41) is 5.81. The molecule has 2 N–H and O–H groups in total. The molecule has 0 spiro atoms. The predicted molar refractivity (Wildman–Crippen MR) is 57.5 cm³/mol. The van der Waals surface area contributed by atoms with Gasteiger partial charge in [-0.05, 0) is 18.8 Å². The zero-order chi connectivity index (χ0) is 10.4. The van der Waals surface area contributed by atoms with Crippen LogP contribution in [0.5, 0.6) is 0 Å². The van der Waals surface area contributed by atoms with Crippen LogP contribution in [0.2, 0.25) is 0 Å². The summed E-state index contributed by atoms with van der Waals surface area (Å²) in [6, 6.07) is 0. The lowest BCUT2D eigenvalue weighted by Gasteiger charge is -2.04. The van der Waals surface area contributed by atoms with Gasteiger partial charge < -0.3 is 10.6 Å². The molecule has 1 fully saturated rings. The summed E-state index contributed by atoms with van der Waals surface area (Å²) in [7, 11) is -0.776. The van der Waals surface area contributed by atoms with Gasteiger partial charge in [0, 0.05) is 35.9 Å². The van der Waals surface area contributed by atoms with Crippen LogP contribution in [0.4, 0.5) is 0 Å². The van der Waals surface area contributed by atoms with Gasteiger partial charge in [0.2, 0.25) is 5.91 Å². The fourth-order valence-corrected chi connectivity index (χ4v) is 1.49. The maximum Gasteiger partial charge on any atom is 0.233 e. The van der Waals surface area contributed by atoms with E-state index in [-0.39, 0.29) is 5.91 Å². The van der Waals surface area contributed by atoms with Gasteiger partial charge in [-0.25, -0.2) is 0 Å². The maximum absolute atomic E-state index is 11.2. The molecule has 14 heavy (non-hydrogen) atoms. The number of nitrogens with one attached hydrogen (secondary N) is 2. The van der Waals surface area contributed by atoms with E-state index in [9.17, 15) is 9.00 Å². The summed E-state index contributed by atoms with van der Waals surface area (Å²) in [6.07, 6.45) is 4.17. The molecule has 4 nitrogen and oxygen atoms in total.